The van der Waals surface area contributed by atoms with Crippen molar-refractivity contribution in [2.45, 2.75) is 30.3 Å². The van der Waals surface area contributed by atoms with Gasteiger partial charge in [-0.2, -0.15) is 0 Å². The van der Waals surface area contributed by atoms with Crippen LogP contribution < -0.4 is 5.32 Å². The first kappa shape index (κ1) is 15.1. The van der Waals surface area contributed by atoms with Crippen molar-refractivity contribution in [3.05, 3.63) is 27.7 Å². The molecule has 0 heterocycles. The second kappa shape index (κ2) is 5.58. The summed E-state index contributed by atoms with van der Waals surface area (Å²) in [4.78, 5) is 0.0549. The molecule has 1 aromatic carbocycles. The quantitative estimate of drug-likeness (QED) is 0.906. The standard InChI is InChI=1S/C12H16Cl2N2O2S/c1-16(2)19(17,18)11-6-9(13)5-8(12(11)14)7-15-10-3-4-10/h5-6,10,15H,3-4,7H2,1-2H3. The summed E-state index contributed by atoms with van der Waals surface area (Å²) >= 11 is 12.2. The number of nitrogens with zero attached hydrogens (tertiary/aromatic N) is 1. The predicted octanol–water partition coefficient (Wildman–Crippen LogP) is 2.50. The summed E-state index contributed by atoms with van der Waals surface area (Å²) in [5.41, 5.74) is 0.710. The summed E-state index contributed by atoms with van der Waals surface area (Å²) in [7, 11) is -0.652. The lowest BCUT2D eigenvalue weighted by Crippen LogP contribution is -2.23. The van der Waals surface area contributed by atoms with Gasteiger partial charge in [-0.1, -0.05) is 23.2 Å². The number of hydrogen-bond donors (Lipinski definition) is 1. The molecule has 7 heteroatoms. The molecule has 0 spiro atoms. The fourth-order valence-electron chi connectivity index (χ4n) is 1.67. The molecular formula is C12H16Cl2N2O2S. The molecule has 1 aliphatic rings. The van der Waals surface area contributed by atoms with Gasteiger partial charge in [0.2, 0.25) is 10.0 Å². The molecule has 19 heavy (non-hydrogen) atoms. The molecule has 0 atom stereocenters. The van der Waals surface area contributed by atoms with Crippen molar-refractivity contribution < 1.29 is 8.42 Å². The van der Waals surface area contributed by atoms with Crippen LogP contribution in [-0.2, 0) is 16.6 Å². The van der Waals surface area contributed by atoms with Gasteiger partial charge in [-0.05, 0) is 30.5 Å². The van der Waals surface area contributed by atoms with Crippen LogP contribution in [0.25, 0.3) is 0 Å². The zero-order valence-electron chi connectivity index (χ0n) is 10.8. The van der Waals surface area contributed by atoms with Gasteiger partial charge in [0.15, 0.2) is 0 Å². The van der Waals surface area contributed by atoms with Crippen LogP contribution in [0, 0.1) is 0 Å². The van der Waals surface area contributed by atoms with Gasteiger partial charge in [-0.25, -0.2) is 12.7 Å². The number of hydrogen-bond acceptors (Lipinski definition) is 3. The average Bonchev–Trinajstić information content (AvgIpc) is 3.13. The summed E-state index contributed by atoms with van der Waals surface area (Å²) in [5.74, 6) is 0. The molecular weight excluding hydrogens is 307 g/mol. The number of sulfonamides is 1. The molecule has 0 unspecified atom stereocenters. The fraction of sp³-hybridized carbons (Fsp3) is 0.500. The highest BCUT2D eigenvalue weighted by molar-refractivity contribution is 7.89. The van der Waals surface area contributed by atoms with Crippen molar-refractivity contribution in [2.24, 2.45) is 0 Å². The number of benzene rings is 1. The molecule has 0 amide bonds. The van der Waals surface area contributed by atoms with E-state index in [2.05, 4.69) is 5.32 Å². The fourth-order valence-corrected chi connectivity index (χ4v) is 3.47. The Labute approximate surface area is 123 Å². The van der Waals surface area contributed by atoms with E-state index in [-0.39, 0.29) is 9.92 Å². The Morgan fingerprint density at radius 3 is 2.47 bits per heavy atom. The Morgan fingerprint density at radius 2 is 1.95 bits per heavy atom. The first-order valence-electron chi connectivity index (χ1n) is 5.96. The maximum atomic E-state index is 12.2. The second-order valence-corrected chi connectivity index (χ2v) is 7.75. The van der Waals surface area contributed by atoms with Crippen LogP contribution in [0.4, 0.5) is 0 Å². The molecule has 0 bridgehead atoms. The summed E-state index contributed by atoms with van der Waals surface area (Å²) in [6, 6.07) is 3.61. The summed E-state index contributed by atoms with van der Waals surface area (Å²) in [5, 5.41) is 3.91. The summed E-state index contributed by atoms with van der Waals surface area (Å²) < 4.78 is 25.5. The van der Waals surface area contributed by atoms with E-state index in [9.17, 15) is 8.42 Å². The molecule has 1 aliphatic carbocycles. The maximum Gasteiger partial charge on any atom is 0.244 e. The lowest BCUT2D eigenvalue weighted by Gasteiger charge is -2.15. The van der Waals surface area contributed by atoms with Crippen molar-refractivity contribution in [3.63, 3.8) is 0 Å². The lowest BCUT2D eigenvalue weighted by atomic mass is 10.2. The molecule has 1 fully saturated rings. The number of rotatable bonds is 5. The second-order valence-electron chi connectivity index (χ2n) is 4.82. The van der Waals surface area contributed by atoms with Crippen LogP contribution in [0.15, 0.2) is 17.0 Å². The van der Waals surface area contributed by atoms with Crippen LogP contribution in [0.2, 0.25) is 10.0 Å². The lowest BCUT2D eigenvalue weighted by molar-refractivity contribution is 0.520. The molecule has 0 radical (unpaired) electrons. The van der Waals surface area contributed by atoms with E-state index in [1.807, 2.05) is 0 Å². The van der Waals surface area contributed by atoms with Crippen LogP contribution >= 0.6 is 23.2 Å². The minimum Gasteiger partial charge on any atom is -0.310 e. The van der Waals surface area contributed by atoms with Gasteiger partial charge < -0.3 is 5.32 Å². The molecule has 4 nitrogen and oxygen atoms in total. The van der Waals surface area contributed by atoms with E-state index in [4.69, 9.17) is 23.2 Å². The smallest absolute Gasteiger partial charge is 0.244 e. The minimum absolute atomic E-state index is 0.0549. The topological polar surface area (TPSA) is 49.4 Å². The van der Waals surface area contributed by atoms with E-state index < -0.39 is 10.0 Å². The Kier molecular flexibility index (Phi) is 4.42. The Balaban J connectivity index is 2.38. The highest BCUT2D eigenvalue weighted by Gasteiger charge is 2.25. The third-order valence-electron chi connectivity index (χ3n) is 3.00. The molecule has 1 N–H and O–H groups in total. The molecule has 2 rings (SSSR count). The van der Waals surface area contributed by atoms with E-state index in [1.54, 1.807) is 6.07 Å². The molecule has 1 aromatic rings. The molecule has 0 saturated heterocycles. The largest absolute Gasteiger partial charge is 0.310 e. The number of halogens is 2. The normalized spacial score (nSPS) is 16.1. The Bertz CT molecular complexity index is 584. The monoisotopic (exact) mass is 322 g/mol. The molecule has 0 aliphatic heterocycles. The van der Waals surface area contributed by atoms with Crippen molar-refractivity contribution in [1.82, 2.24) is 9.62 Å². The SMILES string of the molecule is CN(C)S(=O)(=O)c1cc(Cl)cc(CNC2CC2)c1Cl. The zero-order valence-corrected chi connectivity index (χ0v) is 13.1. The van der Waals surface area contributed by atoms with Crippen molar-refractivity contribution in [1.29, 1.82) is 0 Å². The Morgan fingerprint density at radius 1 is 1.32 bits per heavy atom. The molecule has 106 valence electrons. The van der Waals surface area contributed by atoms with E-state index >= 15 is 0 Å². The maximum absolute atomic E-state index is 12.2. The van der Waals surface area contributed by atoms with Crippen LogP contribution in [0.5, 0.6) is 0 Å². The van der Waals surface area contributed by atoms with Crippen molar-refractivity contribution in [3.8, 4) is 0 Å². The van der Waals surface area contributed by atoms with Gasteiger partial charge in [0.05, 0.1) is 5.02 Å². The highest BCUT2D eigenvalue weighted by atomic mass is 35.5. The molecule has 0 aromatic heterocycles. The van der Waals surface area contributed by atoms with Crippen molar-refractivity contribution in [2.75, 3.05) is 14.1 Å². The average molecular weight is 323 g/mol. The van der Waals surface area contributed by atoms with Gasteiger partial charge in [-0.3, -0.25) is 0 Å². The summed E-state index contributed by atoms with van der Waals surface area (Å²) in [6.45, 7) is 0.528. The zero-order chi connectivity index (χ0) is 14.2. The first-order chi connectivity index (χ1) is 8.82. The molecule has 1 saturated carbocycles. The third kappa shape index (κ3) is 3.41. The van der Waals surface area contributed by atoms with Crippen LogP contribution in [0.1, 0.15) is 18.4 Å². The van der Waals surface area contributed by atoms with E-state index in [1.165, 1.54) is 20.2 Å². The van der Waals surface area contributed by atoms with Crippen molar-refractivity contribution >= 4 is 33.2 Å². The summed E-state index contributed by atoms with van der Waals surface area (Å²) in [6.07, 6.45) is 2.31. The highest BCUT2D eigenvalue weighted by Crippen LogP contribution is 2.31. The number of nitrogens with one attached hydrogen (secondary N) is 1. The van der Waals surface area contributed by atoms with Gasteiger partial charge in [-0.15, -0.1) is 0 Å². The van der Waals surface area contributed by atoms with E-state index in [0.29, 0.717) is 23.2 Å². The van der Waals surface area contributed by atoms with Crippen LogP contribution in [0.3, 0.4) is 0 Å². The van der Waals surface area contributed by atoms with Gasteiger partial charge >= 0.3 is 0 Å². The first-order valence-corrected chi connectivity index (χ1v) is 8.16. The minimum atomic E-state index is -3.59. The predicted molar refractivity (Wildman–Crippen MR) is 77.2 cm³/mol. The van der Waals surface area contributed by atoms with Crippen LogP contribution in [-0.4, -0.2) is 32.9 Å². The third-order valence-corrected chi connectivity index (χ3v) is 5.61. The van der Waals surface area contributed by atoms with Gasteiger partial charge in [0, 0.05) is 31.7 Å². The van der Waals surface area contributed by atoms with Gasteiger partial charge in [0.25, 0.3) is 0 Å². The van der Waals surface area contributed by atoms with E-state index in [0.717, 1.165) is 17.1 Å². The Hall–Kier alpha value is -0.330. The van der Waals surface area contributed by atoms with Gasteiger partial charge in [0.1, 0.15) is 4.90 Å².